The number of hydrogen-bond donors (Lipinski definition) is 2. The van der Waals surface area contributed by atoms with Crippen LogP contribution in [0.3, 0.4) is 0 Å². The highest BCUT2D eigenvalue weighted by Gasteiger charge is 2.40. The van der Waals surface area contributed by atoms with Crippen molar-refractivity contribution < 1.29 is 38.1 Å². The van der Waals surface area contributed by atoms with Gasteiger partial charge in [0.15, 0.2) is 6.04 Å². The number of ether oxygens (including phenoxy) is 4. The van der Waals surface area contributed by atoms with Crippen LogP contribution in [-0.2, 0) is 47.1 Å². The third-order valence-corrected chi connectivity index (χ3v) is 11.9. The molecule has 0 radical (unpaired) electrons. The fraction of sp³-hybridized carbons (Fsp3) is 0.232. The standard InChI is InChI=1S/C56H54N4O8/c1-38(50(59-54(64)68-55(2,3)4)52(62)65-35-39-21-9-5-10-22-39)67-51(61)49(58-53(63)66-36-48-46-31-19-17-29-44(46)45-30-18-20-32-47(45)48)33-43-34-60(37-57-43)56(40-23-11-6-12-24-40,41-25-13-7-14-26-41)42-27-15-8-16-28-42/h5-32,34,37-38,48-50H,33,35-36H2,1-4H3,(H,58,63)(H,59,64)/t38-,49-,50+/m1/s1. The number of fused-ring (bicyclic) bond motifs is 3. The summed E-state index contributed by atoms with van der Waals surface area (Å²) in [7, 11) is 0. The molecule has 2 amide bonds. The van der Waals surface area contributed by atoms with Crippen molar-refractivity contribution in [2.45, 2.75) is 76.0 Å². The number of nitrogens with one attached hydrogen (secondary N) is 2. The summed E-state index contributed by atoms with van der Waals surface area (Å²) in [5, 5.41) is 5.30. The Hall–Kier alpha value is -7.99. The second kappa shape index (κ2) is 20.7. The Morgan fingerprint density at radius 3 is 1.65 bits per heavy atom. The first-order chi connectivity index (χ1) is 32.9. The smallest absolute Gasteiger partial charge is 0.408 e. The van der Waals surface area contributed by atoms with Crippen LogP contribution < -0.4 is 10.6 Å². The lowest BCUT2D eigenvalue weighted by Crippen LogP contribution is -2.53. The lowest BCUT2D eigenvalue weighted by molar-refractivity contribution is -0.159. The zero-order valence-corrected chi connectivity index (χ0v) is 38.4. The van der Waals surface area contributed by atoms with Gasteiger partial charge in [-0.15, -0.1) is 0 Å². The molecule has 0 aliphatic heterocycles. The first kappa shape index (κ1) is 46.5. The molecule has 3 atom stereocenters. The Morgan fingerprint density at radius 1 is 0.618 bits per heavy atom. The molecular formula is C56H54N4O8. The molecule has 1 aromatic heterocycles. The number of carbonyl (C=O) groups excluding carboxylic acids is 4. The molecule has 1 heterocycles. The largest absolute Gasteiger partial charge is 0.459 e. The van der Waals surface area contributed by atoms with Gasteiger partial charge in [0.05, 0.1) is 12.0 Å². The van der Waals surface area contributed by atoms with Crippen LogP contribution in [0, 0.1) is 0 Å². The van der Waals surface area contributed by atoms with Crippen LogP contribution in [0.2, 0.25) is 0 Å². The average Bonchev–Trinajstić information content (AvgIpc) is 3.95. The first-order valence-corrected chi connectivity index (χ1v) is 22.6. The van der Waals surface area contributed by atoms with Crippen molar-refractivity contribution in [3.8, 4) is 11.1 Å². The molecule has 0 fully saturated rings. The van der Waals surface area contributed by atoms with Crippen molar-refractivity contribution >= 4 is 24.1 Å². The van der Waals surface area contributed by atoms with E-state index in [0.29, 0.717) is 11.3 Å². The maximum atomic E-state index is 14.5. The summed E-state index contributed by atoms with van der Waals surface area (Å²) in [6.07, 6.45) is 0.344. The molecule has 12 heteroatoms. The first-order valence-electron chi connectivity index (χ1n) is 22.6. The van der Waals surface area contributed by atoms with E-state index in [1.54, 1.807) is 39.2 Å². The summed E-state index contributed by atoms with van der Waals surface area (Å²) >= 11 is 0. The molecule has 0 saturated heterocycles. The molecule has 0 spiro atoms. The fourth-order valence-electron chi connectivity index (χ4n) is 8.78. The quantitative estimate of drug-likeness (QED) is 0.0550. The fourth-order valence-corrected chi connectivity index (χ4v) is 8.78. The van der Waals surface area contributed by atoms with Crippen molar-refractivity contribution in [3.05, 3.63) is 221 Å². The lowest BCUT2D eigenvalue weighted by Gasteiger charge is -2.37. The van der Waals surface area contributed by atoms with Gasteiger partial charge in [-0.1, -0.05) is 170 Å². The Labute approximate surface area is 396 Å². The average molecular weight is 911 g/mol. The lowest BCUT2D eigenvalue weighted by atomic mass is 9.77. The number of imidazole rings is 1. The minimum atomic E-state index is -1.49. The third kappa shape index (κ3) is 10.5. The van der Waals surface area contributed by atoms with Crippen LogP contribution in [0.4, 0.5) is 9.59 Å². The van der Waals surface area contributed by atoms with Gasteiger partial charge >= 0.3 is 24.1 Å². The number of esters is 2. The summed E-state index contributed by atoms with van der Waals surface area (Å²) in [4.78, 5) is 60.2. The van der Waals surface area contributed by atoms with E-state index >= 15 is 0 Å². The molecule has 12 nitrogen and oxygen atoms in total. The number of hydrogen-bond acceptors (Lipinski definition) is 9. The summed E-state index contributed by atoms with van der Waals surface area (Å²) in [5.41, 5.74) is 6.43. The van der Waals surface area contributed by atoms with Gasteiger partial charge in [0.1, 0.15) is 36.5 Å². The second-order valence-electron chi connectivity index (χ2n) is 17.7. The van der Waals surface area contributed by atoms with Gasteiger partial charge in [0.25, 0.3) is 0 Å². The normalized spacial score (nSPS) is 13.5. The van der Waals surface area contributed by atoms with Crippen molar-refractivity contribution in [3.63, 3.8) is 0 Å². The number of rotatable bonds is 16. The van der Waals surface area contributed by atoms with E-state index in [9.17, 15) is 19.2 Å². The molecule has 2 N–H and O–H groups in total. The molecule has 8 rings (SSSR count). The monoisotopic (exact) mass is 910 g/mol. The van der Waals surface area contributed by atoms with E-state index in [-0.39, 0.29) is 25.6 Å². The second-order valence-corrected chi connectivity index (χ2v) is 17.7. The van der Waals surface area contributed by atoms with Crippen molar-refractivity contribution in [2.24, 2.45) is 0 Å². The molecular weight excluding hydrogens is 857 g/mol. The zero-order chi connectivity index (χ0) is 47.7. The van der Waals surface area contributed by atoms with Crippen LogP contribution in [0.15, 0.2) is 182 Å². The predicted molar refractivity (Wildman–Crippen MR) is 257 cm³/mol. The summed E-state index contributed by atoms with van der Waals surface area (Å²) < 4.78 is 25.0. The van der Waals surface area contributed by atoms with Crippen molar-refractivity contribution in [1.82, 2.24) is 20.2 Å². The van der Waals surface area contributed by atoms with Crippen LogP contribution >= 0.6 is 0 Å². The van der Waals surface area contributed by atoms with Crippen molar-refractivity contribution in [1.29, 1.82) is 0 Å². The number of alkyl carbamates (subject to hydrolysis) is 2. The Morgan fingerprint density at radius 2 is 1.12 bits per heavy atom. The predicted octanol–water partition coefficient (Wildman–Crippen LogP) is 9.74. The van der Waals surface area contributed by atoms with Gasteiger partial charge < -0.3 is 34.1 Å². The molecule has 68 heavy (non-hydrogen) atoms. The SMILES string of the molecule is C[C@@H](OC(=O)[C@@H](Cc1cn(C(c2ccccc2)(c2ccccc2)c2ccccc2)cn1)NC(=O)OCC1c2ccccc2-c2ccccc21)[C@H](NC(=O)OC(C)(C)C)C(=O)OCc1ccccc1. The molecule has 1 aliphatic carbocycles. The van der Waals surface area contributed by atoms with E-state index in [2.05, 4.69) is 47.0 Å². The van der Waals surface area contributed by atoms with Crippen LogP contribution in [-0.4, -0.2) is 64.1 Å². The third-order valence-electron chi connectivity index (χ3n) is 11.9. The Balaban J connectivity index is 1.10. The molecule has 346 valence electrons. The van der Waals surface area contributed by atoms with Gasteiger partial charge in [0.2, 0.25) is 0 Å². The van der Waals surface area contributed by atoms with Crippen molar-refractivity contribution in [2.75, 3.05) is 6.61 Å². The molecule has 1 aliphatic rings. The van der Waals surface area contributed by atoms with Gasteiger partial charge in [-0.3, -0.25) is 0 Å². The minimum absolute atomic E-state index is 0.00442. The van der Waals surface area contributed by atoms with Crippen LogP contribution in [0.25, 0.3) is 11.1 Å². The van der Waals surface area contributed by atoms with E-state index in [1.165, 1.54) is 6.92 Å². The van der Waals surface area contributed by atoms with Crippen LogP contribution in [0.5, 0.6) is 0 Å². The van der Waals surface area contributed by atoms with Crippen LogP contribution in [0.1, 0.15) is 72.7 Å². The molecule has 7 aromatic rings. The van der Waals surface area contributed by atoms with E-state index in [1.807, 2.05) is 132 Å². The topological polar surface area (TPSA) is 147 Å². The number of amides is 2. The van der Waals surface area contributed by atoms with Gasteiger partial charge in [-0.25, -0.2) is 24.2 Å². The number of nitrogens with zero attached hydrogens (tertiary/aromatic N) is 2. The maximum Gasteiger partial charge on any atom is 0.408 e. The molecule has 0 saturated carbocycles. The summed E-state index contributed by atoms with van der Waals surface area (Å²) in [6.45, 7) is 6.40. The maximum absolute atomic E-state index is 14.5. The number of aromatic nitrogens is 2. The summed E-state index contributed by atoms with van der Waals surface area (Å²) in [6, 6.07) is 52.3. The van der Waals surface area contributed by atoms with Gasteiger partial charge in [0, 0.05) is 18.5 Å². The van der Waals surface area contributed by atoms with E-state index in [0.717, 1.165) is 38.9 Å². The van der Waals surface area contributed by atoms with Gasteiger partial charge in [-0.05, 0) is 72.2 Å². The minimum Gasteiger partial charge on any atom is -0.459 e. The highest BCUT2D eigenvalue weighted by molar-refractivity contribution is 5.85. The highest BCUT2D eigenvalue weighted by Crippen LogP contribution is 2.45. The molecule has 0 unspecified atom stereocenters. The highest BCUT2D eigenvalue weighted by atomic mass is 16.6. The van der Waals surface area contributed by atoms with Gasteiger partial charge in [-0.2, -0.15) is 0 Å². The molecule has 6 aromatic carbocycles. The molecule has 0 bridgehead atoms. The summed E-state index contributed by atoms with van der Waals surface area (Å²) in [5.74, 6) is -2.01. The van der Waals surface area contributed by atoms with E-state index < -0.39 is 53.5 Å². The Bertz CT molecular complexity index is 2690. The zero-order valence-electron chi connectivity index (χ0n) is 38.4. The number of benzene rings is 6. The van der Waals surface area contributed by atoms with E-state index in [4.69, 9.17) is 23.9 Å². The Kier molecular flexibility index (Phi) is 14.1. The number of carbonyl (C=O) groups is 4.